The zero-order valence-electron chi connectivity index (χ0n) is 16.3. The summed E-state index contributed by atoms with van der Waals surface area (Å²) in [5.41, 5.74) is -2.15. The molecule has 0 saturated heterocycles. The molecule has 3 aromatic rings. The Labute approximate surface area is 169 Å². The third kappa shape index (κ3) is 2.49. The number of halogens is 4. The average molecular weight is 421 g/mol. The van der Waals surface area contributed by atoms with Crippen LogP contribution in [0.15, 0.2) is 30.5 Å². The Balaban J connectivity index is 1.62. The topological polar surface area (TPSA) is 68.8 Å². The van der Waals surface area contributed by atoms with Crippen LogP contribution in [0.5, 0.6) is 0 Å². The molecule has 158 valence electrons. The van der Waals surface area contributed by atoms with Crippen LogP contribution in [0.3, 0.4) is 0 Å². The van der Waals surface area contributed by atoms with Crippen LogP contribution < -0.4 is 0 Å². The maximum atomic E-state index is 13.4. The van der Waals surface area contributed by atoms with Crippen molar-refractivity contribution in [1.82, 2.24) is 24.3 Å². The number of imidazole rings is 1. The first kappa shape index (κ1) is 19.2. The van der Waals surface area contributed by atoms with E-state index in [4.69, 9.17) is 0 Å². The molecule has 2 aromatic heterocycles. The Morgan fingerprint density at radius 1 is 1.13 bits per heavy atom. The maximum absolute atomic E-state index is 13.4. The van der Waals surface area contributed by atoms with Gasteiger partial charge in [0.1, 0.15) is 17.3 Å². The molecule has 5 rings (SSSR count). The van der Waals surface area contributed by atoms with Gasteiger partial charge in [0, 0.05) is 6.54 Å². The lowest BCUT2D eigenvalue weighted by Crippen LogP contribution is -2.42. The second-order valence-corrected chi connectivity index (χ2v) is 8.30. The third-order valence-corrected chi connectivity index (χ3v) is 6.23. The molecule has 1 aromatic carbocycles. The van der Waals surface area contributed by atoms with E-state index in [1.54, 1.807) is 19.1 Å². The van der Waals surface area contributed by atoms with Crippen molar-refractivity contribution in [1.29, 1.82) is 0 Å². The van der Waals surface area contributed by atoms with Crippen LogP contribution in [-0.4, -0.2) is 35.6 Å². The van der Waals surface area contributed by atoms with Crippen molar-refractivity contribution in [2.24, 2.45) is 0 Å². The van der Waals surface area contributed by atoms with E-state index in [9.17, 15) is 22.7 Å². The second-order valence-electron chi connectivity index (χ2n) is 8.30. The summed E-state index contributed by atoms with van der Waals surface area (Å²) < 4.78 is 56.9. The summed E-state index contributed by atoms with van der Waals surface area (Å²) in [5.74, 6) is 0.341. The highest BCUT2D eigenvalue weighted by atomic mass is 19.4. The molecule has 10 heteroatoms. The number of hydrogen-bond acceptors (Lipinski definition) is 4. The van der Waals surface area contributed by atoms with Crippen molar-refractivity contribution in [3.8, 4) is 11.5 Å². The SMILES string of the molecule is C[C@H]1Cn2c(nnc2C2(c3ccc(F)cc3)CC2)-c2cnc(C(C)(O)C(F)(F)F)n21. The summed E-state index contributed by atoms with van der Waals surface area (Å²) in [7, 11) is 0. The highest BCUT2D eigenvalue weighted by Crippen LogP contribution is 2.54. The summed E-state index contributed by atoms with van der Waals surface area (Å²) in [4.78, 5) is 3.91. The van der Waals surface area contributed by atoms with Gasteiger partial charge in [-0.3, -0.25) is 0 Å². The van der Waals surface area contributed by atoms with Gasteiger partial charge in [-0.1, -0.05) is 12.1 Å². The van der Waals surface area contributed by atoms with Gasteiger partial charge in [0.2, 0.25) is 5.60 Å². The minimum absolute atomic E-state index is 0.320. The molecule has 1 fully saturated rings. The number of aromatic nitrogens is 5. The quantitative estimate of drug-likeness (QED) is 0.655. The van der Waals surface area contributed by atoms with E-state index >= 15 is 0 Å². The van der Waals surface area contributed by atoms with Gasteiger partial charge < -0.3 is 14.2 Å². The highest BCUT2D eigenvalue weighted by molar-refractivity contribution is 5.54. The van der Waals surface area contributed by atoms with E-state index in [1.807, 2.05) is 4.57 Å². The fourth-order valence-corrected chi connectivity index (χ4v) is 4.36. The van der Waals surface area contributed by atoms with Gasteiger partial charge in [-0.15, -0.1) is 10.2 Å². The summed E-state index contributed by atoms with van der Waals surface area (Å²) >= 11 is 0. The van der Waals surface area contributed by atoms with Gasteiger partial charge in [0.15, 0.2) is 11.6 Å². The Kier molecular flexibility index (Phi) is 3.78. The monoisotopic (exact) mass is 421 g/mol. The molecule has 2 atom stereocenters. The molecule has 3 heterocycles. The Morgan fingerprint density at radius 2 is 1.80 bits per heavy atom. The Bertz CT molecular complexity index is 1130. The minimum atomic E-state index is -4.87. The molecule has 0 radical (unpaired) electrons. The van der Waals surface area contributed by atoms with Crippen LogP contribution in [0, 0.1) is 5.82 Å². The van der Waals surface area contributed by atoms with Crippen LogP contribution in [0.2, 0.25) is 0 Å². The lowest BCUT2D eigenvalue weighted by molar-refractivity contribution is -0.262. The van der Waals surface area contributed by atoms with Gasteiger partial charge in [-0.25, -0.2) is 9.37 Å². The number of benzene rings is 1. The van der Waals surface area contributed by atoms with E-state index in [1.165, 1.54) is 22.9 Å². The summed E-state index contributed by atoms with van der Waals surface area (Å²) in [5, 5.41) is 18.8. The smallest absolute Gasteiger partial charge is 0.374 e. The molecule has 1 unspecified atom stereocenters. The molecule has 1 aliphatic carbocycles. The van der Waals surface area contributed by atoms with E-state index in [0.29, 0.717) is 30.8 Å². The predicted octanol–water partition coefficient (Wildman–Crippen LogP) is 3.71. The molecule has 1 N–H and O–H groups in total. The summed E-state index contributed by atoms with van der Waals surface area (Å²) in [6.45, 7) is 2.81. The molecule has 0 amide bonds. The Hall–Kier alpha value is -2.75. The molecular formula is C20H19F4N5O. The van der Waals surface area contributed by atoms with Crippen molar-refractivity contribution in [2.75, 3.05) is 0 Å². The van der Waals surface area contributed by atoms with Crippen molar-refractivity contribution >= 4 is 0 Å². The number of fused-ring (bicyclic) bond motifs is 3. The van der Waals surface area contributed by atoms with E-state index < -0.39 is 23.6 Å². The standard InChI is InChI=1S/C20H19F4N5O/c1-11-10-28-15(14-9-25-16(29(11)14)18(2,30)20(22,23)24)26-27-17(28)19(7-8-19)12-3-5-13(21)6-4-12/h3-6,9,11,30H,7-8,10H2,1-2H3/t11-,18?/m0/s1. The zero-order chi connectivity index (χ0) is 21.5. The number of aliphatic hydroxyl groups is 1. The average Bonchev–Trinajstić information content (AvgIpc) is 3.15. The first-order chi connectivity index (χ1) is 14.1. The van der Waals surface area contributed by atoms with Crippen LogP contribution in [0.1, 0.15) is 49.9 Å². The molecule has 1 saturated carbocycles. The van der Waals surface area contributed by atoms with Gasteiger partial charge in [0.25, 0.3) is 0 Å². The summed E-state index contributed by atoms with van der Waals surface area (Å²) in [6, 6.07) is 5.88. The fraction of sp³-hybridized carbons (Fsp3) is 0.450. The molecule has 0 bridgehead atoms. The first-order valence-corrected chi connectivity index (χ1v) is 9.63. The van der Waals surface area contributed by atoms with E-state index in [-0.39, 0.29) is 11.2 Å². The summed E-state index contributed by atoms with van der Waals surface area (Å²) in [6.07, 6.45) is -1.91. The predicted molar refractivity (Wildman–Crippen MR) is 98.0 cm³/mol. The second kappa shape index (κ2) is 5.90. The van der Waals surface area contributed by atoms with E-state index in [0.717, 1.165) is 18.4 Å². The molecule has 1 aliphatic heterocycles. The largest absolute Gasteiger partial charge is 0.424 e. The maximum Gasteiger partial charge on any atom is 0.424 e. The van der Waals surface area contributed by atoms with Crippen LogP contribution in [0.25, 0.3) is 11.5 Å². The minimum Gasteiger partial charge on any atom is -0.374 e. The number of alkyl halides is 3. The van der Waals surface area contributed by atoms with Crippen LogP contribution in [0.4, 0.5) is 17.6 Å². The number of hydrogen-bond donors (Lipinski definition) is 1. The van der Waals surface area contributed by atoms with Gasteiger partial charge in [-0.2, -0.15) is 13.2 Å². The molecule has 2 aliphatic rings. The fourth-order valence-electron chi connectivity index (χ4n) is 4.36. The van der Waals surface area contributed by atoms with Crippen molar-refractivity contribution in [3.05, 3.63) is 53.5 Å². The lowest BCUT2D eigenvalue weighted by atomic mass is 9.94. The molecule has 0 spiro atoms. The van der Waals surface area contributed by atoms with Crippen molar-refractivity contribution in [3.63, 3.8) is 0 Å². The number of nitrogens with zero attached hydrogens (tertiary/aromatic N) is 5. The highest BCUT2D eigenvalue weighted by Gasteiger charge is 2.56. The first-order valence-electron chi connectivity index (χ1n) is 9.63. The van der Waals surface area contributed by atoms with Gasteiger partial charge in [0.05, 0.1) is 17.7 Å². The number of rotatable bonds is 3. The van der Waals surface area contributed by atoms with Crippen LogP contribution in [-0.2, 0) is 17.6 Å². The van der Waals surface area contributed by atoms with Gasteiger partial charge in [-0.05, 0) is 44.4 Å². The molecule has 6 nitrogen and oxygen atoms in total. The molecule has 30 heavy (non-hydrogen) atoms. The van der Waals surface area contributed by atoms with Crippen LogP contribution >= 0.6 is 0 Å². The normalized spacial score (nSPS) is 21.6. The third-order valence-electron chi connectivity index (χ3n) is 6.23. The zero-order valence-corrected chi connectivity index (χ0v) is 16.3. The van der Waals surface area contributed by atoms with E-state index in [2.05, 4.69) is 15.2 Å². The Morgan fingerprint density at radius 3 is 2.40 bits per heavy atom. The van der Waals surface area contributed by atoms with Gasteiger partial charge >= 0.3 is 6.18 Å². The van der Waals surface area contributed by atoms with Crippen molar-refractivity contribution in [2.45, 2.75) is 56.5 Å². The van der Waals surface area contributed by atoms with Crippen molar-refractivity contribution < 1.29 is 22.7 Å². The lowest BCUT2D eigenvalue weighted by Gasteiger charge is -2.32. The molecular weight excluding hydrogens is 402 g/mol.